The molecule has 0 aromatic heterocycles. The van der Waals surface area contributed by atoms with E-state index in [0.717, 1.165) is 0 Å². The molecule has 0 spiro atoms. The summed E-state index contributed by atoms with van der Waals surface area (Å²) in [6, 6.07) is 3.18. The summed E-state index contributed by atoms with van der Waals surface area (Å²) in [5.41, 5.74) is 16.5. The Balaban J connectivity index is 2.76. The van der Waals surface area contributed by atoms with Crippen LogP contribution in [0.15, 0.2) is 24.3 Å². The van der Waals surface area contributed by atoms with Crippen molar-refractivity contribution in [3.8, 4) is 0 Å². The second-order valence-electron chi connectivity index (χ2n) is 6.54. The van der Waals surface area contributed by atoms with Crippen LogP contribution in [0.3, 0.4) is 0 Å². The number of primary amides is 2. The van der Waals surface area contributed by atoms with E-state index in [0.29, 0.717) is 11.3 Å². The van der Waals surface area contributed by atoms with Gasteiger partial charge in [0.2, 0.25) is 23.6 Å². The van der Waals surface area contributed by atoms with Crippen LogP contribution in [-0.2, 0) is 30.5 Å². The smallest absolute Gasteiger partial charge is 0.404 e. The SMILES string of the molecule is C[C@H](N)C(=O)N[C@@H](C)C(=O)N[C@@H](CC(N)=O)C(=O)Nc1ccc(COC(N)=O)cc1. The highest BCUT2D eigenvalue weighted by Crippen LogP contribution is 2.11. The minimum atomic E-state index is -1.26. The van der Waals surface area contributed by atoms with Gasteiger partial charge in [-0.05, 0) is 31.5 Å². The zero-order valence-electron chi connectivity index (χ0n) is 16.6. The Morgan fingerprint density at radius 3 is 2.03 bits per heavy atom. The van der Waals surface area contributed by atoms with E-state index in [2.05, 4.69) is 20.7 Å². The van der Waals surface area contributed by atoms with E-state index in [9.17, 15) is 24.0 Å². The van der Waals surface area contributed by atoms with Gasteiger partial charge in [-0.25, -0.2) is 4.79 Å². The van der Waals surface area contributed by atoms with Gasteiger partial charge in [-0.15, -0.1) is 0 Å². The number of hydrogen-bond donors (Lipinski definition) is 6. The van der Waals surface area contributed by atoms with Crippen molar-refractivity contribution in [2.45, 2.75) is 45.0 Å². The van der Waals surface area contributed by atoms with Crippen molar-refractivity contribution in [3.63, 3.8) is 0 Å². The normalized spacial score (nSPS) is 13.3. The Morgan fingerprint density at radius 2 is 1.53 bits per heavy atom. The van der Waals surface area contributed by atoms with Gasteiger partial charge in [-0.2, -0.15) is 0 Å². The van der Waals surface area contributed by atoms with Gasteiger partial charge < -0.3 is 37.9 Å². The van der Waals surface area contributed by atoms with Crippen LogP contribution < -0.4 is 33.2 Å². The highest BCUT2D eigenvalue weighted by molar-refractivity contribution is 6.00. The maximum atomic E-state index is 12.5. The maximum absolute atomic E-state index is 12.5. The van der Waals surface area contributed by atoms with Gasteiger partial charge in [0, 0.05) is 5.69 Å². The molecule has 1 aromatic rings. The van der Waals surface area contributed by atoms with Gasteiger partial charge in [0.1, 0.15) is 18.7 Å². The molecule has 0 radical (unpaired) electrons. The molecule has 0 bridgehead atoms. The van der Waals surface area contributed by atoms with Crippen LogP contribution in [0.4, 0.5) is 10.5 Å². The van der Waals surface area contributed by atoms with Crippen LogP contribution in [0.25, 0.3) is 0 Å². The molecule has 0 unspecified atom stereocenters. The Kier molecular flexibility index (Phi) is 9.23. The van der Waals surface area contributed by atoms with Crippen LogP contribution in [0.5, 0.6) is 0 Å². The lowest BCUT2D eigenvalue weighted by Gasteiger charge is -2.21. The van der Waals surface area contributed by atoms with Gasteiger partial charge in [-0.3, -0.25) is 19.2 Å². The quantitative estimate of drug-likeness (QED) is 0.261. The molecule has 0 aliphatic heterocycles. The first kappa shape index (κ1) is 24.4. The largest absolute Gasteiger partial charge is 0.445 e. The Morgan fingerprint density at radius 1 is 0.933 bits per heavy atom. The molecule has 0 aliphatic carbocycles. The summed E-state index contributed by atoms with van der Waals surface area (Å²) in [6.07, 6.45) is -1.36. The first-order valence-electron chi connectivity index (χ1n) is 8.96. The number of amides is 5. The third kappa shape index (κ3) is 8.56. The molecule has 3 atom stereocenters. The molecular weight excluding hydrogens is 396 g/mol. The van der Waals surface area contributed by atoms with Gasteiger partial charge >= 0.3 is 6.09 Å². The van der Waals surface area contributed by atoms with Crippen molar-refractivity contribution in [1.29, 1.82) is 0 Å². The van der Waals surface area contributed by atoms with E-state index in [-0.39, 0.29) is 6.61 Å². The van der Waals surface area contributed by atoms with Gasteiger partial charge in [0.15, 0.2) is 0 Å². The van der Waals surface area contributed by atoms with Crippen molar-refractivity contribution in [2.24, 2.45) is 17.2 Å². The summed E-state index contributed by atoms with van der Waals surface area (Å²) >= 11 is 0. The van der Waals surface area contributed by atoms with Gasteiger partial charge in [0.05, 0.1) is 12.5 Å². The zero-order chi connectivity index (χ0) is 22.8. The first-order valence-corrected chi connectivity index (χ1v) is 8.96. The van der Waals surface area contributed by atoms with Crippen molar-refractivity contribution >= 4 is 35.4 Å². The molecule has 12 nitrogen and oxygen atoms in total. The molecular formula is C18H26N6O6. The lowest BCUT2D eigenvalue weighted by atomic mass is 10.1. The van der Waals surface area contributed by atoms with Crippen LogP contribution in [-0.4, -0.2) is 47.8 Å². The van der Waals surface area contributed by atoms with E-state index in [1.807, 2.05) is 0 Å². The Hall–Kier alpha value is -3.67. The fraction of sp³-hybridized carbons (Fsp3) is 0.389. The first-order chi connectivity index (χ1) is 14.0. The fourth-order valence-corrected chi connectivity index (χ4v) is 2.19. The number of carbonyl (C=O) groups excluding carboxylic acids is 5. The minimum Gasteiger partial charge on any atom is -0.445 e. The molecule has 0 saturated carbocycles. The molecule has 30 heavy (non-hydrogen) atoms. The van der Waals surface area contributed by atoms with Crippen molar-refractivity contribution in [2.75, 3.05) is 5.32 Å². The van der Waals surface area contributed by atoms with E-state index in [1.54, 1.807) is 12.1 Å². The lowest BCUT2D eigenvalue weighted by Crippen LogP contribution is -2.54. The number of benzene rings is 1. The second-order valence-corrected chi connectivity index (χ2v) is 6.54. The molecule has 0 heterocycles. The number of rotatable bonds is 10. The van der Waals surface area contributed by atoms with Crippen molar-refractivity contribution in [1.82, 2.24) is 10.6 Å². The number of nitrogens with one attached hydrogen (secondary N) is 3. The molecule has 1 rings (SSSR count). The van der Waals surface area contributed by atoms with Crippen LogP contribution >= 0.6 is 0 Å². The number of carbonyl (C=O) groups is 5. The predicted molar refractivity (Wildman–Crippen MR) is 106 cm³/mol. The topological polar surface area (TPSA) is 209 Å². The molecule has 5 amide bonds. The second kappa shape index (κ2) is 11.4. The van der Waals surface area contributed by atoms with Crippen LogP contribution in [0, 0.1) is 0 Å². The summed E-state index contributed by atoms with van der Waals surface area (Å²) < 4.78 is 4.65. The summed E-state index contributed by atoms with van der Waals surface area (Å²) in [6.45, 7) is 2.82. The van der Waals surface area contributed by atoms with Crippen molar-refractivity contribution < 1.29 is 28.7 Å². The minimum absolute atomic E-state index is 0.0328. The highest BCUT2D eigenvalue weighted by Gasteiger charge is 2.26. The zero-order valence-corrected chi connectivity index (χ0v) is 16.6. The molecule has 164 valence electrons. The molecule has 1 aromatic carbocycles. The van der Waals surface area contributed by atoms with Gasteiger partial charge in [-0.1, -0.05) is 12.1 Å². The number of hydrogen-bond acceptors (Lipinski definition) is 7. The van der Waals surface area contributed by atoms with E-state index in [1.165, 1.54) is 26.0 Å². The number of ether oxygens (including phenoxy) is 1. The summed E-state index contributed by atoms with van der Waals surface area (Å²) in [5, 5.41) is 7.30. The summed E-state index contributed by atoms with van der Waals surface area (Å²) in [4.78, 5) is 58.3. The average Bonchev–Trinajstić information content (AvgIpc) is 2.66. The standard InChI is InChI=1S/C18H26N6O6/c1-9(19)15(26)22-10(2)16(27)24-13(7-14(20)25)17(28)23-12-5-3-11(4-6-12)8-30-18(21)29/h3-6,9-10,13H,7-8,19H2,1-2H3,(H2,20,25)(H2,21,29)(H,22,26)(H,23,28)(H,24,27)/t9-,10-,13-/m0/s1. The summed E-state index contributed by atoms with van der Waals surface area (Å²) in [7, 11) is 0. The Bertz CT molecular complexity index is 795. The Labute approximate surface area is 172 Å². The third-order valence-corrected chi connectivity index (χ3v) is 3.81. The molecule has 12 heteroatoms. The number of anilines is 1. The third-order valence-electron chi connectivity index (χ3n) is 3.81. The monoisotopic (exact) mass is 422 g/mol. The van der Waals surface area contributed by atoms with Gasteiger partial charge in [0.25, 0.3) is 0 Å². The van der Waals surface area contributed by atoms with Crippen LogP contribution in [0.2, 0.25) is 0 Å². The molecule has 0 fully saturated rings. The fourth-order valence-electron chi connectivity index (χ4n) is 2.19. The van der Waals surface area contributed by atoms with E-state index < -0.39 is 54.3 Å². The predicted octanol–water partition coefficient (Wildman–Crippen LogP) is -1.57. The summed E-state index contributed by atoms with van der Waals surface area (Å²) in [5.74, 6) is -2.73. The lowest BCUT2D eigenvalue weighted by molar-refractivity contribution is -0.131. The molecule has 0 saturated heterocycles. The molecule has 0 aliphatic rings. The van der Waals surface area contributed by atoms with Crippen molar-refractivity contribution in [3.05, 3.63) is 29.8 Å². The average molecular weight is 422 g/mol. The van der Waals surface area contributed by atoms with E-state index in [4.69, 9.17) is 17.2 Å². The highest BCUT2D eigenvalue weighted by atomic mass is 16.5. The maximum Gasteiger partial charge on any atom is 0.404 e. The van der Waals surface area contributed by atoms with E-state index >= 15 is 0 Å². The molecule has 9 N–H and O–H groups in total. The number of nitrogens with two attached hydrogens (primary N) is 3. The van der Waals surface area contributed by atoms with Crippen LogP contribution in [0.1, 0.15) is 25.8 Å².